The maximum atomic E-state index is 11.5. The minimum Gasteiger partial charge on any atom is -0.494 e. The van der Waals surface area contributed by atoms with E-state index in [1.165, 1.54) is 14.7 Å². The van der Waals surface area contributed by atoms with E-state index in [0.29, 0.717) is 13.0 Å². The lowest BCUT2D eigenvalue weighted by atomic mass is 10.2. The molecule has 4 rings (SSSR count). The van der Waals surface area contributed by atoms with Gasteiger partial charge in [-0.2, -0.15) is 8.42 Å². The fraction of sp³-hybridized carbons (Fsp3) is 0.217. The fourth-order valence-corrected chi connectivity index (χ4v) is 6.58. The van der Waals surface area contributed by atoms with Gasteiger partial charge >= 0.3 is 0 Å². The number of para-hydroxylation sites is 1. The molecule has 0 aromatic heterocycles. The van der Waals surface area contributed by atoms with E-state index in [9.17, 15) is 8.42 Å². The number of nitrogens with one attached hydrogen (secondary N) is 1. The summed E-state index contributed by atoms with van der Waals surface area (Å²) >= 11 is 7.10. The van der Waals surface area contributed by atoms with Gasteiger partial charge in [0.2, 0.25) is 0 Å². The van der Waals surface area contributed by atoms with Gasteiger partial charge < -0.3 is 10.1 Å². The molecule has 1 heterocycles. The number of ether oxygens (including phenoxy) is 1. The summed E-state index contributed by atoms with van der Waals surface area (Å²) in [6, 6.07) is 21.7. The van der Waals surface area contributed by atoms with Crippen LogP contribution in [0, 0.1) is 0 Å². The summed E-state index contributed by atoms with van der Waals surface area (Å²) in [6.07, 6.45) is 1.64. The highest BCUT2D eigenvalue weighted by atomic mass is 79.9. The number of halogens is 1. The van der Waals surface area contributed by atoms with Crippen LogP contribution in [0.15, 0.2) is 90.8 Å². The smallest absolute Gasteiger partial charge is 0.264 e. The number of anilines is 1. The van der Waals surface area contributed by atoms with Crippen LogP contribution in [-0.2, 0) is 14.3 Å². The zero-order valence-electron chi connectivity index (χ0n) is 17.3. The summed E-state index contributed by atoms with van der Waals surface area (Å²) in [4.78, 5) is 4.79. The summed E-state index contributed by atoms with van der Waals surface area (Å²) in [5, 5.41) is 3.42. The average Bonchev–Trinajstić information content (AvgIpc) is 2.77. The summed E-state index contributed by atoms with van der Waals surface area (Å²) in [6.45, 7) is 0.470. The first-order valence-electron chi connectivity index (χ1n) is 9.94. The molecule has 0 bridgehead atoms. The topological polar surface area (TPSA) is 64.6 Å². The number of hydrogen-bond acceptors (Lipinski definition) is 7. The molecule has 1 N–H and O–H groups in total. The van der Waals surface area contributed by atoms with Gasteiger partial charge in [0.1, 0.15) is 5.75 Å². The van der Waals surface area contributed by atoms with Gasteiger partial charge in [-0.3, -0.25) is 4.18 Å². The van der Waals surface area contributed by atoms with E-state index in [1.807, 2.05) is 42.5 Å². The van der Waals surface area contributed by atoms with Crippen molar-refractivity contribution in [1.29, 1.82) is 0 Å². The van der Waals surface area contributed by atoms with Crippen molar-refractivity contribution in [1.82, 2.24) is 0 Å². The van der Waals surface area contributed by atoms with Crippen LogP contribution in [0.3, 0.4) is 0 Å². The van der Waals surface area contributed by atoms with E-state index in [-0.39, 0.29) is 12.6 Å². The molecule has 1 atom stereocenters. The molecule has 0 spiro atoms. The van der Waals surface area contributed by atoms with Crippen molar-refractivity contribution in [2.45, 2.75) is 32.0 Å². The first-order valence-corrected chi connectivity index (χ1v) is 14.2. The molecule has 0 amide bonds. The first kappa shape index (κ1) is 23.5. The molecule has 1 aliphatic rings. The fourth-order valence-electron chi connectivity index (χ4n) is 3.13. The molecule has 0 saturated heterocycles. The average molecular weight is 553 g/mol. The van der Waals surface area contributed by atoms with Gasteiger partial charge in [0, 0.05) is 36.2 Å². The molecule has 0 aliphatic carbocycles. The molecule has 0 fully saturated rings. The molecule has 5 nitrogen and oxygen atoms in total. The normalized spacial score (nSPS) is 13.7. The van der Waals surface area contributed by atoms with Gasteiger partial charge in [-0.05, 0) is 58.4 Å². The Labute approximate surface area is 205 Å². The van der Waals surface area contributed by atoms with E-state index < -0.39 is 10.1 Å². The lowest BCUT2D eigenvalue weighted by molar-refractivity contribution is 0.257. The van der Waals surface area contributed by atoms with E-state index in [2.05, 4.69) is 45.5 Å². The highest BCUT2D eigenvalue weighted by Crippen LogP contribution is 2.51. The number of hydrogen-bond donors (Lipinski definition) is 1. The van der Waals surface area contributed by atoms with Crippen LogP contribution in [0.2, 0.25) is 0 Å². The minimum atomic E-state index is -3.53. The summed E-state index contributed by atoms with van der Waals surface area (Å²) in [7, 11) is -3.53. The van der Waals surface area contributed by atoms with Crippen LogP contribution < -0.4 is 10.1 Å². The second-order valence-corrected chi connectivity index (χ2v) is 11.8. The Morgan fingerprint density at radius 3 is 2.56 bits per heavy atom. The largest absolute Gasteiger partial charge is 0.494 e. The number of benzene rings is 3. The van der Waals surface area contributed by atoms with Gasteiger partial charge in [0.25, 0.3) is 10.1 Å². The van der Waals surface area contributed by atoms with Gasteiger partial charge in [0.05, 0.1) is 25.5 Å². The van der Waals surface area contributed by atoms with Crippen molar-refractivity contribution in [3.05, 3.63) is 71.2 Å². The van der Waals surface area contributed by atoms with Crippen molar-refractivity contribution in [2.75, 3.05) is 24.8 Å². The molecule has 168 valence electrons. The first-order chi connectivity index (χ1) is 15.4. The van der Waals surface area contributed by atoms with Gasteiger partial charge in [0.15, 0.2) is 0 Å². The van der Waals surface area contributed by atoms with E-state index in [1.54, 1.807) is 23.5 Å². The van der Waals surface area contributed by atoms with Gasteiger partial charge in [-0.15, -0.1) is 0 Å². The highest BCUT2D eigenvalue weighted by molar-refractivity contribution is 9.10. The van der Waals surface area contributed by atoms with Crippen LogP contribution in [-0.4, -0.2) is 33.9 Å². The van der Waals surface area contributed by atoms with Crippen molar-refractivity contribution < 1.29 is 17.3 Å². The van der Waals surface area contributed by atoms with E-state index >= 15 is 0 Å². The van der Waals surface area contributed by atoms with Crippen molar-refractivity contribution in [3.63, 3.8) is 0 Å². The Bertz CT molecular complexity index is 1190. The molecular formula is C23H22BrNO4S3. The summed E-state index contributed by atoms with van der Waals surface area (Å²) in [5.74, 6) is 0.780. The Morgan fingerprint density at radius 2 is 1.78 bits per heavy atom. The molecule has 32 heavy (non-hydrogen) atoms. The molecule has 3 aromatic rings. The van der Waals surface area contributed by atoms with Gasteiger partial charge in [-0.1, -0.05) is 47.8 Å². The predicted octanol–water partition coefficient (Wildman–Crippen LogP) is 6.29. The van der Waals surface area contributed by atoms with E-state index in [0.717, 1.165) is 27.1 Å². The lowest BCUT2D eigenvalue weighted by Crippen LogP contribution is -2.29. The maximum Gasteiger partial charge on any atom is 0.264 e. The monoisotopic (exact) mass is 551 g/mol. The third kappa shape index (κ3) is 6.45. The molecule has 0 radical (unpaired) electrons. The summed E-state index contributed by atoms with van der Waals surface area (Å²) in [5.41, 5.74) is 0.914. The van der Waals surface area contributed by atoms with Crippen LogP contribution in [0.5, 0.6) is 5.75 Å². The minimum absolute atomic E-state index is 0.0335. The van der Waals surface area contributed by atoms with Crippen molar-refractivity contribution in [2.24, 2.45) is 0 Å². The van der Waals surface area contributed by atoms with Crippen LogP contribution in [0.1, 0.15) is 6.42 Å². The Morgan fingerprint density at radius 1 is 0.969 bits per heavy atom. The maximum absolute atomic E-state index is 11.5. The Kier molecular flexibility index (Phi) is 7.73. The number of fused-ring (bicyclic) bond motifs is 2. The van der Waals surface area contributed by atoms with Crippen LogP contribution in [0.4, 0.5) is 5.69 Å². The zero-order valence-corrected chi connectivity index (χ0v) is 21.3. The zero-order chi connectivity index (χ0) is 22.6. The third-order valence-electron chi connectivity index (χ3n) is 4.64. The molecule has 3 aromatic carbocycles. The predicted molar refractivity (Wildman–Crippen MR) is 134 cm³/mol. The summed E-state index contributed by atoms with van der Waals surface area (Å²) < 4.78 is 35.0. The Balaban J connectivity index is 1.45. The second kappa shape index (κ2) is 10.5. The van der Waals surface area contributed by atoms with Crippen LogP contribution >= 0.6 is 39.5 Å². The van der Waals surface area contributed by atoms with Gasteiger partial charge in [-0.25, -0.2) is 0 Å². The lowest BCUT2D eigenvalue weighted by Gasteiger charge is -2.23. The molecule has 9 heteroatoms. The highest BCUT2D eigenvalue weighted by Gasteiger charge is 2.20. The molecule has 1 aliphatic heterocycles. The SMILES string of the molecule is CS(=O)(=O)OC[C@@H](CCOc1ccccc1)Nc1ccc2c(c1)Sc1cccc(Br)c1S2. The number of rotatable bonds is 9. The van der Waals surface area contributed by atoms with E-state index in [4.69, 9.17) is 8.92 Å². The molecule has 0 unspecified atom stereocenters. The van der Waals surface area contributed by atoms with Crippen LogP contribution in [0.25, 0.3) is 0 Å². The molecule has 0 saturated carbocycles. The van der Waals surface area contributed by atoms with Crippen molar-refractivity contribution >= 4 is 55.3 Å². The quantitative estimate of drug-likeness (QED) is 0.245. The standard InChI is InChI=1S/C23H22BrNO4S3/c1-32(26,27)29-15-17(12-13-28-18-6-3-2-4-7-18)25-16-10-11-20-22(14-16)30-21-9-5-8-19(24)23(21)31-20/h2-11,14,17,25H,12-13,15H2,1H3/t17-/m1/s1. The Hall–Kier alpha value is -1.65. The molecular weight excluding hydrogens is 530 g/mol. The second-order valence-electron chi connectivity index (χ2n) is 7.21. The third-order valence-corrected chi connectivity index (χ3v) is 8.72. The van der Waals surface area contributed by atoms with Crippen molar-refractivity contribution in [3.8, 4) is 5.75 Å².